The molecule has 1 N–H and O–H groups in total. The van der Waals surface area contributed by atoms with Crippen LogP contribution in [0.15, 0.2) is 46.6 Å². The zero-order chi connectivity index (χ0) is 19.4. The first-order valence-electron chi connectivity index (χ1n) is 8.19. The molecule has 1 aliphatic rings. The Hall–Kier alpha value is -2.29. The van der Waals surface area contributed by atoms with Gasteiger partial charge in [-0.3, -0.25) is 5.01 Å². The van der Waals surface area contributed by atoms with Gasteiger partial charge >= 0.3 is 0 Å². The summed E-state index contributed by atoms with van der Waals surface area (Å²) >= 11 is 11.5. The lowest BCUT2D eigenvalue weighted by atomic mass is 10.2. The largest absolute Gasteiger partial charge is 0.493 e. The molecule has 3 rings (SSSR count). The smallest absolute Gasteiger partial charge is 0.232 e. The van der Waals surface area contributed by atoms with E-state index in [0.717, 1.165) is 11.1 Å². The van der Waals surface area contributed by atoms with E-state index in [4.69, 9.17) is 33.3 Å². The molecule has 1 aliphatic heterocycles. The van der Waals surface area contributed by atoms with Crippen molar-refractivity contribution >= 4 is 28.9 Å². The molecule has 1 unspecified atom stereocenters. The van der Waals surface area contributed by atoms with Crippen LogP contribution >= 0.6 is 23.8 Å². The Morgan fingerprint density at radius 1 is 1.26 bits per heavy atom. The highest BCUT2D eigenvalue weighted by Crippen LogP contribution is 2.37. The number of methoxy groups -OCH3 is 1. The first-order valence-corrected chi connectivity index (χ1v) is 8.97. The van der Waals surface area contributed by atoms with Crippen LogP contribution in [-0.4, -0.2) is 23.4 Å². The van der Waals surface area contributed by atoms with Crippen molar-refractivity contribution in [2.24, 2.45) is 10.2 Å². The van der Waals surface area contributed by atoms with Crippen molar-refractivity contribution in [1.82, 2.24) is 10.4 Å². The van der Waals surface area contributed by atoms with Gasteiger partial charge in [-0.25, -0.2) is 9.82 Å². The third-order valence-electron chi connectivity index (χ3n) is 3.93. The summed E-state index contributed by atoms with van der Waals surface area (Å²) in [6.45, 7) is 2.59. The number of azo groups is 1. The maximum Gasteiger partial charge on any atom is 0.232 e. The molecule has 1 atom stereocenters. The molecule has 2 aromatic carbocycles. The summed E-state index contributed by atoms with van der Waals surface area (Å²) in [5.74, 6) is 0.647. The van der Waals surface area contributed by atoms with E-state index in [1.54, 1.807) is 30.3 Å². The average molecular weight is 409 g/mol. The molecule has 0 radical (unpaired) electrons. The minimum atomic E-state index is -0.293. The lowest BCUT2D eigenvalue weighted by Gasteiger charge is -2.21. The molecule has 142 valence electrons. The molecule has 0 fully saturated rings. The molecule has 0 aliphatic carbocycles. The number of benzene rings is 2. The van der Waals surface area contributed by atoms with Crippen molar-refractivity contribution in [1.29, 1.82) is 0 Å². The van der Waals surface area contributed by atoms with E-state index in [9.17, 15) is 4.39 Å². The van der Waals surface area contributed by atoms with Crippen LogP contribution < -0.4 is 14.9 Å². The van der Waals surface area contributed by atoms with E-state index in [-0.39, 0.29) is 18.6 Å². The van der Waals surface area contributed by atoms with Gasteiger partial charge in [-0.2, -0.15) is 5.11 Å². The Kier molecular flexibility index (Phi) is 6.20. The SMILES string of the molecule is COc1cc(CNN2C(=S)N=NC2C)cc(Cl)c1OCc1ccc(F)cc1. The fourth-order valence-electron chi connectivity index (χ4n) is 2.52. The number of hydrazine groups is 1. The summed E-state index contributed by atoms with van der Waals surface area (Å²) < 4.78 is 24.2. The number of thiocarbonyl (C=S) groups is 1. The number of hydrogen-bond donors (Lipinski definition) is 1. The molecule has 0 aromatic heterocycles. The van der Waals surface area contributed by atoms with Gasteiger partial charge in [0, 0.05) is 6.54 Å². The summed E-state index contributed by atoms with van der Waals surface area (Å²) in [6.07, 6.45) is -0.159. The molecule has 27 heavy (non-hydrogen) atoms. The zero-order valence-electron chi connectivity index (χ0n) is 14.8. The third kappa shape index (κ3) is 4.71. The van der Waals surface area contributed by atoms with Gasteiger partial charge in [0.05, 0.1) is 12.1 Å². The number of hydrogen-bond acceptors (Lipinski definition) is 5. The maximum atomic E-state index is 13.0. The second-order valence-corrected chi connectivity index (χ2v) is 6.63. The van der Waals surface area contributed by atoms with Crippen LogP contribution in [-0.2, 0) is 13.2 Å². The van der Waals surface area contributed by atoms with Crippen LogP contribution in [0, 0.1) is 5.82 Å². The first-order chi connectivity index (χ1) is 13.0. The summed E-state index contributed by atoms with van der Waals surface area (Å²) in [5, 5.41) is 10.4. The fraction of sp³-hybridized carbons (Fsp3) is 0.278. The third-order valence-corrected chi connectivity index (χ3v) is 4.49. The number of nitrogens with one attached hydrogen (secondary N) is 1. The van der Waals surface area contributed by atoms with Crippen LogP contribution in [0.2, 0.25) is 5.02 Å². The van der Waals surface area contributed by atoms with Gasteiger partial charge in [-0.15, -0.1) is 5.11 Å². The van der Waals surface area contributed by atoms with Gasteiger partial charge in [-0.05, 0) is 54.5 Å². The highest BCUT2D eigenvalue weighted by molar-refractivity contribution is 7.80. The second-order valence-electron chi connectivity index (χ2n) is 5.86. The van der Waals surface area contributed by atoms with Gasteiger partial charge < -0.3 is 9.47 Å². The molecule has 9 heteroatoms. The molecular weight excluding hydrogens is 391 g/mol. The van der Waals surface area contributed by atoms with Crippen molar-refractivity contribution in [3.8, 4) is 11.5 Å². The molecule has 1 heterocycles. The van der Waals surface area contributed by atoms with Crippen molar-refractivity contribution in [3.05, 3.63) is 58.4 Å². The molecule has 0 spiro atoms. The van der Waals surface area contributed by atoms with Crippen LogP contribution in [0.1, 0.15) is 18.1 Å². The normalized spacial score (nSPS) is 16.1. The van der Waals surface area contributed by atoms with Crippen molar-refractivity contribution < 1.29 is 13.9 Å². The van der Waals surface area contributed by atoms with Gasteiger partial charge in [0.25, 0.3) is 0 Å². The minimum absolute atomic E-state index is 0.159. The second kappa shape index (κ2) is 8.60. The standard InChI is InChI=1S/C18H18ClFN4O2S/c1-11-22-23-18(27)24(11)21-9-13-7-15(19)17(16(8-13)25-2)26-10-12-3-5-14(20)6-4-12/h3-8,11,21H,9-10H2,1-2H3. The number of rotatable bonds is 7. The molecular formula is C18H18ClFN4O2S. The highest BCUT2D eigenvalue weighted by atomic mass is 35.5. The highest BCUT2D eigenvalue weighted by Gasteiger charge is 2.22. The minimum Gasteiger partial charge on any atom is -0.493 e. The molecule has 0 bridgehead atoms. The lowest BCUT2D eigenvalue weighted by Crippen LogP contribution is -2.42. The van der Waals surface area contributed by atoms with E-state index in [2.05, 4.69) is 15.7 Å². The number of nitrogens with zero attached hydrogens (tertiary/aromatic N) is 3. The lowest BCUT2D eigenvalue weighted by molar-refractivity contribution is 0.260. The average Bonchev–Trinajstić information content (AvgIpc) is 2.98. The van der Waals surface area contributed by atoms with E-state index < -0.39 is 0 Å². The van der Waals surface area contributed by atoms with E-state index in [1.165, 1.54) is 12.1 Å². The first kappa shape index (κ1) is 19.5. The van der Waals surface area contributed by atoms with Gasteiger partial charge in [-0.1, -0.05) is 23.7 Å². The van der Waals surface area contributed by atoms with E-state index in [1.807, 2.05) is 13.0 Å². The Morgan fingerprint density at radius 2 is 2.00 bits per heavy atom. The monoisotopic (exact) mass is 408 g/mol. The summed E-state index contributed by atoms with van der Waals surface area (Å²) in [5.41, 5.74) is 4.88. The van der Waals surface area contributed by atoms with E-state index in [0.29, 0.717) is 28.2 Å². The van der Waals surface area contributed by atoms with Crippen LogP contribution in [0.4, 0.5) is 4.39 Å². The van der Waals surface area contributed by atoms with Crippen LogP contribution in [0.5, 0.6) is 11.5 Å². The van der Waals surface area contributed by atoms with Gasteiger partial charge in [0.15, 0.2) is 17.7 Å². The van der Waals surface area contributed by atoms with Gasteiger partial charge in [0.1, 0.15) is 12.4 Å². The number of halogens is 2. The van der Waals surface area contributed by atoms with Crippen LogP contribution in [0.3, 0.4) is 0 Å². The van der Waals surface area contributed by atoms with Crippen molar-refractivity contribution in [2.45, 2.75) is 26.2 Å². The molecule has 0 saturated heterocycles. The Bertz CT molecular complexity index is 863. The van der Waals surface area contributed by atoms with Gasteiger partial charge in [0.2, 0.25) is 5.11 Å². The summed E-state index contributed by atoms with van der Waals surface area (Å²) in [7, 11) is 1.54. The Labute approximate surface area is 166 Å². The van der Waals surface area contributed by atoms with E-state index >= 15 is 0 Å². The van der Waals surface area contributed by atoms with Crippen molar-refractivity contribution in [2.75, 3.05) is 7.11 Å². The van der Waals surface area contributed by atoms with Crippen LogP contribution in [0.25, 0.3) is 0 Å². The molecule has 2 aromatic rings. The Morgan fingerprint density at radius 3 is 2.63 bits per heavy atom. The quantitative estimate of drug-likeness (QED) is 0.685. The summed E-state index contributed by atoms with van der Waals surface area (Å²) in [6, 6.07) is 9.70. The predicted molar refractivity (Wildman–Crippen MR) is 104 cm³/mol. The summed E-state index contributed by atoms with van der Waals surface area (Å²) in [4.78, 5) is 0. The molecule has 6 nitrogen and oxygen atoms in total. The topological polar surface area (TPSA) is 58.5 Å². The fourth-order valence-corrected chi connectivity index (χ4v) is 3.07. The molecule has 0 amide bonds. The number of ether oxygens (including phenoxy) is 2. The van der Waals surface area contributed by atoms with Crippen molar-refractivity contribution in [3.63, 3.8) is 0 Å². The molecule has 0 saturated carbocycles. The Balaban J connectivity index is 1.69. The predicted octanol–water partition coefficient (Wildman–Crippen LogP) is 4.47. The maximum absolute atomic E-state index is 13.0. The zero-order valence-corrected chi connectivity index (χ0v) is 16.4.